The number of aliphatic carboxylic acids is 1. The molecule has 0 fully saturated rings. The quantitative estimate of drug-likeness (QED) is 0.706. The van der Waals surface area contributed by atoms with Crippen molar-refractivity contribution in [2.45, 2.75) is 25.7 Å². The van der Waals surface area contributed by atoms with Gasteiger partial charge in [-0.2, -0.15) is 0 Å². The average molecular weight is 256 g/mol. The summed E-state index contributed by atoms with van der Waals surface area (Å²) in [6, 6.07) is 1.65. The van der Waals surface area contributed by atoms with Gasteiger partial charge in [-0.3, -0.25) is 9.59 Å². The van der Waals surface area contributed by atoms with E-state index in [4.69, 9.17) is 14.4 Å². The van der Waals surface area contributed by atoms with Crippen LogP contribution in [0.2, 0.25) is 0 Å². The van der Waals surface area contributed by atoms with Gasteiger partial charge in [0.15, 0.2) is 0 Å². The number of carbonyl (C=O) groups excluding carboxylic acids is 1. The van der Waals surface area contributed by atoms with Crippen molar-refractivity contribution >= 4 is 11.9 Å². The third-order valence-electron chi connectivity index (χ3n) is 2.23. The lowest BCUT2D eigenvalue weighted by Gasteiger charge is -2.02. The molecule has 0 radical (unpaired) electrons. The predicted octanol–water partition coefficient (Wildman–Crippen LogP) is 0.597. The number of nitrogens with one attached hydrogen (secondary N) is 1. The van der Waals surface area contributed by atoms with Gasteiger partial charge in [-0.15, -0.1) is 0 Å². The van der Waals surface area contributed by atoms with Crippen LogP contribution in [-0.2, 0) is 16.0 Å². The van der Waals surface area contributed by atoms with E-state index in [0.717, 1.165) is 0 Å². The van der Waals surface area contributed by atoms with E-state index < -0.39 is 5.97 Å². The monoisotopic (exact) mass is 256 g/mol. The summed E-state index contributed by atoms with van der Waals surface area (Å²) in [6.45, 7) is 0.421. The summed E-state index contributed by atoms with van der Waals surface area (Å²) in [5, 5.41) is 14.7. The lowest BCUT2D eigenvalue weighted by Crippen LogP contribution is -2.25. The lowest BCUT2D eigenvalue weighted by atomic mass is 10.2. The lowest BCUT2D eigenvalue weighted by molar-refractivity contribution is -0.137. The molecule has 0 aliphatic heterocycles. The highest BCUT2D eigenvalue weighted by Gasteiger charge is 2.06. The fourth-order valence-electron chi connectivity index (χ4n) is 1.32. The van der Waals surface area contributed by atoms with E-state index in [-0.39, 0.29) is 18.7 Å². The molecule has 0 spiro atoms. The number of carbonyl (C=O) groups is 2. The van der Waals surface area contributed by atoms with E-state index in [9.17, 15) is 9.59 Å². The van der Waals surface area contributed by atoms with E-state index in [2.05, 4.69) is 10.5 Å². The van der Waals surface area contributed by atoms with Crippen LogP contribution in [0.25, 0.3) is 0 Å². The van der Waals surface area contributed by atoms with Crippen LogP contribution in [0.15, 0.2) is 10.6 Å². The fourth-order valence-corrected chi connectivity index (χ4v) is 1.32. The molecule has 0 saturated heterocycles. The summed E-state index contributed by atoms with van der Waals surface area (Å²) < 4.78 is 9.80. The summed E-state index contributed by atoms with van der Waals surface area (Å²) in [7, 11) is 1.49. The van der Waals surface area contributed by atoms with Gasteiger partial charge in [-0.05, 0) is 11.6 Å². The number of rotatable bonds is 8. The van der Waals surface area contributed by atoms with Crippen LogP contribution in [-0.4, -0.2) is 35.8 Å². The Kier molecular flexibility index (Phi) is 5.69. The maximum absolute atomic E-state index is 11.3. The first-order chi connectivity index (χ1) is 8.61. The van der Waals surface area contributed by atoms with Gasteiger partial charge in [0.25, 0.3) is 5.88 Å². The number of nitrogens with zero attached hydrogens (tertiary/aromatic N) is 1. The highest BCUT2D eigenvalue weighted by molar-refractivity contribution is 5.76. The molecular weight excluding hydrogens is 240 g/mol. The summed E-state index contributed by atoms with van der Waals surface area (Å²) >= 11 is 0. The first-order valence-electron chi connectivity index (χ1n) is 5.60. The molecular formula is C11H16N2O5. The molecule has 18 heavy (non-hydrogen) atoms. The van der Waals surface area contributed by atoms with Crippen LogP contribution in [0, 0.1) is 0 Å². The van der Waals surface area contributed by atoms with Crippen molar-refractivity contribution in [3.05, 3.63) is 11.8 Å². The molecule has 0 unspecified atom stereocenters. The van der Waals surface area contributed by atoms with Crippen LogP contribution in [0.1, 0.15) is 25.0 Å². The first kappa shape index (κ1) is 14.0. The number of ether oxygens (including phenoxy) is 1. The van der Waals surface area contributed by atoms with Crippen LogP contribution >= 0.6 is 0 Å². The maximum Gasteiger partial charge on any atom is 0.303 e. The van der Waals surface area contributed by atoms with Crippen LogP contribution < -0.4 is 10.1 Å². The molecule has 0 aliphatic rings. The highest BCUT2D eigenvalue weighted by atomic mass is 16.5. The molecule has 2 N–H and O–H groups in total. The Morgan fingerprint density at radius 1 is 1.50 bits per heavy atom. The smallest absolute Gasteiger partial charge is 0.303 e. The Morgan fingerprint density at radius 2 is 2.28 bits per heavy atom. The number of hydrogen-bond acceptors (Lipinski definition) is 5. The molecule has 7 nitrogen and oxygen atoms in total. The maximum atomic E-state index is 11.3. The Bertz CT molecular complexity index is 402. The van der Waals surface area contributed by atoms with Crippen molar-refractivity contribution in [2.75, 3.05) is 13.7 Å². The fraction of sp³-hybridized carbons (Fsp3) is 0.545. The van der Waals surface area contributed by atoms with Gasteiger partial charge >= 0.3 is 5.97 Å². The second kappa shape index (κ2) is 7.31. The highest BCUT2D eigenvalue weighted by Crippen LogP contribution is 2.10. The van der Waals surface area contributed by atoms with E-state index in [1.807, 2.05) is 0 Å². The molecule has 0 aromatic carbocycles. The van der Waals surface area contributed by atoms with Crippen molar-refractivity contribution in [1.29, 1.82) is 0 Å². The van der Waals surface area contributed by atoms with Gasteiger partial charge in [-0.1, -0.05) is 0 Å². The van der Waals surface area contributed by atoms with E-state index in [0.29, 0.717) is 31.0 Å². The Hall–Kier alpha value is -2.05. The van der Waals surface area contributed by atoms with Gasteiger partial charge < -0.3 is 19.7 Å². The van der Waals surface area contributed by atoms with Crippen LogP contribution in [0.3, 0.4) is 0 Å². The molecule has 0 saturated carbocycles. The zero-order chi connectivity index (χ0) is 13.4. The van der Waals surface area contributed by atoms with Crippen molar-refractivity contribution in [2.24, 2.45) is 0 Å². The Morgan fingerprint density at radius 3 is 2.89 bits per heavy atom. The predicted molar refractivity (Wildman–Crippen MR) is 61.3 cm³/mol. The zero-order valence-electron chi connectivity index (χ0n) is 10.1. The van der Waals surface area contributed by atoms with Crippen molar-refractivity contribution < 1.29 is 24.0 Å². The van der Waals surface area contributed by atoms with Gasteiger partial charge in [0.2, 0.25) is 5.91 Å². The standard InChI is InChI=1S/C11H16N2O5/c1-17-10-7-8(18-13-10)5-6-12-9(14)3-2-4-11(15)16/h7H,2-6H2,1H3,(H,12,14)(H,15,16). The third-order valence-corrected chi connectivity index (χ3v) is 2.23. The number of aromatic nitrogens is 1. The molecule has 0 bridgehead atoms. The van der Waals surface area contributed by atoms with E-state index in [1.54, 1.807) is 6.07 Å². The minimum absolute atomic E-state index is 0.00667. The van der Waals surface area contributed by atoms with Crippen LogP contribution in [0.4, 0.5) is 0 Å². The summed E-state index contributed by atoms with van der Waals surface area (Å²) in [5.41, 5.74) is 0. The second-order valence-electron chi connectivity index (χ2n) is 3.68. The van der Waals surface area contributed by atoms with Crippen molar-refractivity contribution in [3.63, 3.8) is 0 Å². The number of methoxy groups -OCH3 is 1. The van der Waals surface area contributed by atoms with E-state index >= 15 is 0 Å². The zero-order valence-corrected chi connectivity index (χ0v) is 10.1. The van der Waals surface area contributed by atoms with Crippen LogP contribution in [0.5, 0.6) is 5.88 Å². The van der Waals surface area contributed by atoms with Gasteiger partial charge in [-0.25, -0.2) is 0 Å². The number of carboxylic acids is 1. The van der Waals surface area contributed by atoms with Crippen molar-refractivity contribution in [3.8, 4) is 5.88 Å². The Labute approximate surface area is 104 Å². The molecule has 0 aliphatic carbocycles. The Balaban J connectivity index is 2.13. The first-order valence-corrected chi connectivity index (χ1v) is 5.60. The number of hydrogen-bond donors (Lipinski definition) is 2. The topological polar surface area (TPSA) is 102 Å². The molecule has 100 valence electrons. The number of carboxylic acid groups (broad SMARTS) is 1. The molecule has 0 atom stereocenters. The minimum Gasteiger partial charge on any atom is -0.481 e. The van der Waals surface area contributed by atoms with Gasteiger partial charge in [0.05, 0.1) is 7.11 Å². The van der Waals surface area contributed by atoms with E-state index in [1.165, 1.54) is 7.11 Å². The molecule has 7 heteroatoms. The molecule has 1 rings (SSSR count). The summed E-state index contributed by atoms with van der Waals surface area (Å²) in [6.07, 6.45) is 1.08. The molecule has 1 amide bonds. The second-order valence-corrected chi connectivity index (χ2v) is 3.68. The summed E-state index contributed by atoms with van der Waals surface area (Å²) in [4.78, 5) is 21.5. The SMILES string of the molecule is COc1cc(CCNC(=O)CCCC(=O)O)on1. The molecule has 1 aromatic rings. The van der Waals surface area contributed by atoms with Gasteiger partial charge in [0, 0.05) is 31.9 Å². The number of amides is 1. The normalized spacial score (nSPS) is 10.1. The van der Waals surface area contributed by atoms with Gasteiger partial charge in [0.1, 0.15) is 5.76 Å². The minimum atomic E-state index is -0.892. The van der Waals surface area contributed by atoms with Crippen molar-refractivity contribution in [1.82, 2.24) is 10.5 Å². The summed E-state index contributed by atoms with van der Waals surface area (Å²) in [5.74, 6) is -0.0326. The molecule has 1 aromatic heterocycles. The third kappa shape index (κ3) is 5.33. The largest absolute Gasteiger partial charge is 0.481 e. The molecule has 1 heterocycles. The average Bonchev–Trinajstić information content (AvgIpc) is 2.76.